The highest BCUT2D eigenvalue weighted by Crippen LogP contribution is 2.33. The summed E-state index contributed by atoms with van der Waals surface area (Å²) < 4.78 is 0. The van der Waals surface area contributed by atoms with Gasteiger partial charge in [0.05, 0.1) is 0 Å². The van der Waals surface area contributed by atoms with Crippen LogP contribution in [0.5, 0.6) is 0 Å². The Morgan fingerprint density at radius 1 is 1.38 bits per heavy atom. The second-order valence-electron chi connectivity index (χ2n) is 6.26. The number of piperidine rings is 1. The summed E-state index contributed by atoms with van der Waals surface area (Å²) in [6.45, 7) is 8.10. The van der Waals surface area contributed by atoms with Gasteiger partial charge in [-0.15, -0.1) is 24.0 Å². The molecule has 1 fully saturated rings. The first kappa shape index (κ1) is 21.4. The Labute approximate surface area is 153 Å². The number of likely N-dealkylation sites (tertiary alicyclic amines) is 1. The Kier molecular flexibility index (Phi) is 12.1. The molecule has 1 atom stereocenters. The lowest BCUT2D eigenvalue weighted by Crippen LogP contribution is -2.50. The van der Waals surface area contributed by atoms with Gasteiger partial charge in [0.2, 0.25) is 0 Å². The maximum absolute atomic E-state index is 4.48. The fourth-order valence-corrected chi connectivity index (χ4v) is 3.70. The van der Waals surface area contributed by atoms with Crippen LogP contribution in [0.2, 0.25) is 0 Å². The normalized spacial score (nSPS) is 22.9. The minimum atomic E-state index is 0. The predicted octanol–water partition coefficient (Wildman–Crippen LogP) is 4.23. The second-order valence-corrected chi connectivity index (χ2v) is 7.25. The maximum Gasteiger partial charge on any atom is 0.193 e. The molecule has 0 aliphatic carbocycles. The molecule has 1 heterocycles. The average Bonchev–Trinajstić information content (AvgIpc) is 2.43. The molecule has 0 saturated carbocycles. The molecule has 1 aliphatic rings. The summed E-state index contributed by atoms with van der Waals surface area (Å²) in [6, 6.07) is 0. The summed E-state index contributed by atoms with van der Waals surface area (Å²) in [5, 5.41) is 3.54. The minimum absolute atomic E-state index is 0. The molecule has 1 rings (SSSR count). The van der Waals surface area contributed by atoms with Gasteiger partial charge < -0.3 is 10.2 Å². The van der Waals surface area contributed by atoms with Crippen LogP contribution in [-0.4, -0.2) is 49.6 Å². The Hall–Kier alpha value is 0.350. The zero-order valence-electron chi connectivity index (χ0n) is 14.3. The fraction of sp³-hybridized carbons (Fsp3) is 0.938. The van der Waals surface area contributed by atoms with E-state index in [4.69, 9.17) is 0 Å². The Balaban J connectivity index is 0.00000400. The number of hydrogen-bond acceptors (Lipinski definition) is 2. The maximum atomic E-state index is 4.48. The van der Waals surface area contributed by atoms with Crippen molar-refractivity contribution in [3.05, 3.63) is 0 Å². The fourth-order valence-electron chi connectivity index (χ4n) is 3.21. The Morgan fingerprint density at radius 3 is 2.76 bits per heavy atom. The van der Waals surface area contributed by atoms with Gasteiger partial charge in [-0.2, -0.15) is 11.8 Å². The third-order valence-electron chi connectivity index (χ3n) is 4.20. The topological polar surface area (TPSA) is 27.6 Å². The van der Waals surface area contributed by atoms with Crippen molar-refractivity contribution < 1.29 is 0 Å². The summed E-state index contributed by atoms with van der Waals surface area (Å²) in [4.78, 5) is 6.95. The third-order valence-corrected chi connectivity index (χ3v) is 4.90. The number of halogens is 1. The van der Waals surface area contributed by atoms with Gasteiger partial charge in [0, 0.05) is 26.7 Å². The van der Waals surface area contributed by atoms with Crippen LogP contribution >= 0.6 is 35.7 Å². The lowest BCUT2D eigenvalue weighted by Gasteiger charge is -2.42. The van der Waals surface area contributed by atoms with E-state index in [-0.39, 0.29) is 24.0 Å². The monoisotopic (exact) mass is 427 g/mol. The molecule has 5 heteroatoms. The number of hydrogen-bond donors (Lipinski definition) is 1. The lowest BCUT2D eigenvalue weighted by molar-refractivity contribution is 0.142. The van der Waals surface area contributed by atoms with E-state index < -0.39 is 0 Å². The summed E-state index contributed by atoms with van der Waals surface area (Å²) in [5.41, 5.74) is 0.476. The van der Waals surface area contributed by atoms with Crippen molar-refractivity contribution in [1.82, 2.24) is 10.2 Å². The van der Waals surface area contributed by atoms with E-state index in [0.717, 1.165) is 25.6 Å². The SMILES string of the molecule is CCCC1(C)CCCN(C(=NC)NCCCCSC)C1.I. The molecule has 1 aliphatic heterocycles. The number of unbranched alkanes of at least 4 members (excludes halogenated alkanes) is 1. The molecule has 0 radical (unpaired) electrons. The molecule has 0 aromatic rings. The van der Waals surface area contributed by atoms with E-state index >= 15 is 0 Å². The molecule has 0 aromatic carbocycles. The Morgan fingerprint density at radius 2 is 2.14 bits per heavy atom. The molecular formula is C16H34IN3S. The van der Waals surface area contributed by atoms with Gasteiger partial charge in [-0.25, -0.2) is 0 Å². The summed E-state index contributed by atoms with van der Waals surface area (Å²) in [6.07, 6.45) is 9.97. The van der Waals surface area contributed by atoms with E-state index in [1.165, 1.54) is 44.3 Å². The smallest absolute Gasteiger partial charge is 0.193 e. The quantitative estimate of drug-likeness (QED) is 0.285. The molecule has 0 amide bonds. The second kappa shape index (κ2) is 11.9. The largest absolute Gasteiger partial charge is 0.356 e. The average molecular weight is 427 g/mol. The van der Waals surface area contributed by atoms with Crippen molar-refractivity contribution in [2.45, 2.75) is 52.4 Å². The van der Waals surface area contributed by atoms with E-state index in [1.54, 1.807) is 0 Å². The summed E-state index contributed by atoms with van der Waals surface area (Å²) in [5.74, 6) is 2.37. The number of nitrogens with one attached hydrogen (secondary N) is 1. The van der Waals surface area contributed by atoms with Gasteiger partial charge in [-0.1, -0.05) is 20.3 Å². The van der Waals surface area contributed by atoms with Crippen LogP contribution in [0.15, 0.2) is 4.99 Å². The molecule has 1 unspecified atom stereocenters. The number of rotatable bonds is 7. The number of aliphatic imine (C=N–C) groups is 1. The summed E-state index contributed by atoms with van der Waals surface area (Å²) in [7, 11) is 1.91. The molecular weight excluding hydrogens is 393 g/mol. The van der Waals surface area contributed by atoms with Crippen LogP contribution in [0.25, 0.3) is 0 Å². The molecule has 1 N–H and O–H groups in total. The molecule has 0 bridgehead atoms. The van der Waals surface area contributed by atoms with Crippen molar-refractivity contribution in [1.29, 1.82) is 0 Å². The highest BCUT2D eigenvalue weighted by Gasteiger charge is 2.31. The number of guanidine groups is 1. The van der Waals surface area contributed by atoms with Crippen LogP contribution in [0.4, 0.5) is 0 Å². The first-order valence-electron chi connectivity index (χ1n) is 8.10. The highest BCUT2D eigenvalue weighted by atomic mass is 127. The molecule has 0 spiro atoms. The minimum Gasteiger partial charge on any atom is -0.356 e. The van der Waals surface area contributed by atoms with Crippen LogP contribution in [-0.2, 0) is 0 Å². The predicted molar refractivity (Wildman–Crippen MR) is 108 cm³/mol. The van der Waals surface area contributed by atoms with Gasteiger partial charge in [0.15, 0.2) is 5.96 Å². The van der Waals surface area contributed by atoms with Gasteiger partial charge in [0.1, 0.15) is 0 Å². The van der Waals surface area contributed by atoms with Crippen LogP contribution in [0.3, 0.4) is 0 Å². The van der Waals surface area contributed by atoms with Gasteiger partial charge in [0.25, 0.3) is 0 Å². The van der Waals surface area contributed by atoms with Gasteiger partial charge in [-0.3, -0.25) is 4.99 Å². The van der Waals surface area contributed by atoms with Crippen LogP contribution in [0, 0.1) is 5.41 Å². The van der Waals surface area contributed by atoms with Gasteiger partial charge >= 0.3 is 0 Å². The highest BCUT2D eigenvalue weighted by molar-refractivity contribution is 14.0. The Bertz CT molecular complexity index is 295. The van der Waals surface area contributed by atoms with Crippen LogP contribution in [0.1, 0.15) is 52.4 Å². The van der Waals surface area contributed by atoms with Crippen molar-refractivity contribution in [3.8, 4) is 0 Å². The van der Waals surface area contributed by atoms with Crippen molar-refractivity contribution in [2.75, 3.05) is 38.7 Å². The number of thioether (sulfide) groups is 1. The molecule has 21 heavy (non-hydrogen) atoms. The summed E-state index contributed by atoms with van der Waals surface area (Å²) >= 11 is 1.93. The zero-order valence-corrected chi connectivity index (χ0v) is 17.4. The first-order chi connectivity index (χ1) is 9.65. The van der Waals surface area contributed by atoms with Crippen molar-refractivity contribution in [2.24, 2.45) is 10.4 Å². The number of nitrogens with zero attached hydrogens (tertiary/aromatic N) is 2. The zero-order chi connectivity index (χ0) is 14.8. The van der Waals surface area contributed by atoms with Crippen LogP contribution < -0.4 is 5.32 Å². The van der Waals surface area contributed by atoms with E-state index in [1.807, 2.05) is 18.8 Å². The van der Waals surface area contributed by atoms with Gasteiger partial charge in [-0.05, 0) is 49.5 Å². The standard InChI is InChI=1S/C16H33N3S.HI/c1-5-9-16(2)10-8-12-19(14-16)15(17-3)18-11-6-7-13-20-4;/h5-14H2,1-4H3,(H,17,18);1H. The van der Waals surface area contributed by atoms with Crippen molar-refractivity contribution in [3.63, 3.8) is 0 Å². The van der Waals surface area contributed by atoms with E-state index in [9.17, 15) is 0 Å². The molecule has 3 nitrogen and oxygen atoms in total. The molecule has 1 saturated heterocycles. The van der Waals surface area contributed by atoms with Crippen molar-refractivity contribution >= 4 is 41.7 Å². The van der Waals surface area contributed by atoms with E-state index in [0.29, 0.717) is 5.41 Å². The first-order valence-corrected chi connectivity index (χ1v) is 9.49. The lowest BCUT2D eigenvalue weighted by atomic mass is 9.78. The molecule has 126 valence electrons. The molecule has 0 aromatic heterocycles. The van der Waals surface area contributed by atoms with E-state index in [2.05, 4.69) is 35.3 Å². The third kappa shape index (κ3) is 7.95.